The van der Waals surface area contributed by atoms with Gasteiger partial charge >= 0.3 is 0 Å². The summed E-state index contributed by atoms with van der Waals surface area (Å²) in [5.74, 6) is 0.980. The molecule has 0 radical (unpaired) electrons. The highest BCUT2D eigenvalue weighted by Crippen LogP contribution is 2.39. The first-order chi connectivity index (χ1) is 9.50. The lowest BCUT2D eigenvalue weighted by molar-refractivity contribution is 0.369. The molecule has 3 nitrogen and oxygen atoms in total. The highest BCUT2D eigenvalue weighted by molar-refractivity contribution is 5.53. The summed E-state index contributed by atoms with van der Waals surface area (Å²) in [5.41, 5.74) is 7.14. The predicted molar refractivity (Wildman–Crippen MR) is 76.6 cm³/mol. The van der Waals surface area contributed by atoms with E-state index in [4.69, 9.17) is 15.2 Å². The van der Waals surface area contributed by atoms with Crippen molar-refractivity contribution in [2.24, 2.45) is 5.73 Å². The van der Waals surface area contributed by atoms with E-state index in [0.717, 1.165) is 11.1 Å². The summed E-state index contributed by atoms with van der Waals surface area (Å²) in [5, 5.41) is 0. The zero-order chi connectivity index (χ0) is 14.8. The van der Waals surface area contributed by atoms with Crippen molar-refractivity contribution in [2.75, 3.05) is 14.2 Å². The van der Waals surface area contributed by atoms with Crippen molar-refractivity contribution in [3.05, 3.63) is 59.4 Å². The molecule has 0 aliphatic heterocycles. The minimum Gasteiger partial charge on any atom is -0.496 e. The summed E-state index contributed by atoms with van der Waals surface area (Å²) >= 11 is 0. The first-order valence-electron chi connectivity index (χ1n) is 6.27. The van der Waals surface area contributed by atoms with E-state index >= 15 is 0 Å². The van der Waals surface area contributed by atoms with Crippen LogP contribution < -0.4 is 15.2 Å². The Labute approximate surface area is 118 Å². The van der Waals surface area contributed by atoms with Crippen LogP contribution in [0.15, 0.2) is 42.5 Å². The number of rotatable bonds is 4. The van der Waals surface area contributed by atoms with E-state index in [2.05, 4.69) is 0 Å². The Kier molecular flexibility index (Phi) is 3.95. The van der Waals surface area contributed by atoms with Crippen molar-refractivity contribution in [2.45, 2.75) is 12.5 Å². The summed E-state index contributed by atoms with van der Waals surface area (Å²) in [7, 11) is 3.16. The van der Waals surface area contributed by atoms with Gasteiger partial charge in [-0.05, 0) is 36.8 Å². The van der Waals surface area contributed by atoms with E-state index < -0.39 is 5.54 Å². The summed E-state index contributed by atoms with van der Waals surface area (Å²) in [4.78, 5) is 0. The van der Waals surface area contributed by atoms with E-state index in [1.165, 1.54) is 12.1 Å². The number of hydrogen-bond donors (Lipinski definition) is 1. The van der Waals surface area contributed by atoms with E-state index in [1.807, 2.05) is 25.1 Å². The van der Waals surface area contributed by atoms with E-state index in [1.54, 1.807) is 26.4 Å². The van der Waals surface area contributed by atoms with Gasteiger partial charge in [0.05, 0.1) is 25.3 Å². The van der Waals surface area contributed by atoms with Crippen molar-refractivity contribution < 1.29 is 13.9 Å². The highest BCUT2D eigenvalue weighted by Gasteiger charge is 2.30. The Morgan fingerprint density at radius 3 is 1.90 bits per heavy atom. The van der Waals surface area contributed by atoms with Gasteiger partial charge in [0, 0.05) is 0 Å². The highest BCUT2D eigenvalue weighted by atomic mass is 19.1. The fourth-order valence-electron chi connectivity index (χ4n) is 2.30. The fraction of sp³-hybridized carbons (Fsp3) is 0.250. The molecule has 0 spiro atoms. The second-order valence-electron chi connectivity index (χ2n) is 4.75. The van der Waals surface area contributed by atoms with Gasteiger partial charge in [0.15, 0.2) is 0 Å². The van der Waals surface area contributed by atoms with Gasteiger partial charge in [-0.2, -0.15) is 0 Å². The second-order valence-corrected chi connectivity index (χ2v) is 4.75. The van der Waals surface area contributed by atoms with E-state index in [0.29, 0.717) is 11.5 Å². The van der Waals surface area contributed by atoms with Crippen molar-refractivity contribution in [1.29, 1.82) is 0 Å². The Morgan fingerprint density at radius 1 is 0.950 bits per heavy atom. The molecule has 0 bridgehead atoms. The lowest BCUT2D eigenvalue weighted by atomic mass is 9.84. The normalized spacial score (nSPS) is 13.7. The third kappa shape index (κ3) is 2.47. The number of methoxy groups -OCH3 is 2. The molecule has 1 unspecified atom stereocenters. The first-order valence-corrected chi connectivity index (χ1v) is 6.27. The third-order valence-electron chi connectivity index (χ3n) is 3.39. The summed E-state index contributed by atoms with van der Waals surface area (Å²) in [6, 6.07) is 11.6. The Balaban J connectivity index is 2.61. The van der Waals surface area contributed by atoms with Gasteiger partial charge < -0.3 is 15.2 Å². The Bertz CT molecular complexity index is 572. The maximum atomic E-state index is 13.1. The molecule has 0 saturated heterocycles. The molecule has 0 aliphatic carbocycles. The Hall–Kier alpha value is -2.07. The van der Waals surface area contributed by atoms with Crippen LogP contribution in [0.4, 0.5) is 4.39 Å². The molecule has 0 amide bonds. The number of benzene rings is 2. The van der Waals surface area contributed by atoms with Crippen LogP contribution in [0.25, 0.3) is 0 Å². The molecular weight excluding hydrogens is 257 g/mol. The predicted octanol–water partition coefficient (Wildman–Crippen LogP) is 3.07. The van der Waals surface area contributed by atoms with E-state index in [-0.39, 0.29) is 5.82 Å². The van der Waals surface area contributed by atoms with Gasteiger partial charge in [0.1, 0.15) is 17.3 Å². The van der Waals surface area contributed by atoms with Crippen LogP contribution in [0.2, 0.25) is 0 Å². The monoisotopic (exact) mass is 275 g/mol. The van der Waals surface area contributed by atoms with Gasteiger partial charge in [-0.25, -0.2) is 4.39 Å². The summed E-state index contributed by atoms with van der Waals surface area (Å²) in [6.45, 7) is 1.85. The maximum absolute atomic E-state index is 13.1. The van der Waals surface area contributed by atoms with Crippen LogP contribution in [-0.4, -0.2) is 14.2 Å². The standard InChI is InChI=1S/C16H18FNO2/c1-16(18,11-7-9-12(17)10-8-11)15-13(19-2)5-4-6-14(15)20-3/h4-10H,18H2,1-3H3. The molecular formula is C16H18FNO2. The van der Waals surface area contributed by atoms with Crippen LogP contribution in [0.1, 0.15) is 18.1 Å². The molecule has 0 heterocycles. The van der Waals surface area contributed by atoms with E-state index in [9.17, 15) is 4.39 Å². The molecule has 1 atom stereocenters. The largest absolute Gasteiger partial charge is 0.496 e. The number of hydrogen-bond acceptors (Lipinski definition) is 3. The average molecular weight is 275 g/mol. The molecule has 0 fully saturated rings. The molecule has 2 N–H and O–H groups in total. The molecule has 0 aliphatic rings. The SMILES string of the molecule is COc1cccc(OC)c1C(C)(N)c1ccc(F)cc1. The lowest BCUT2D eigenvalue weighted by Crippen LogP contribution is -2.35. The fourth-order valence-corrected chi connectivity index (χ4v) is 2.30. The second kappa shape index (κ2) is 5.51. The minimum absolute atomic E-state index is 0.295. The zero-order valence-electron chi connectivity index (χ0n) is 11.8. The molecule has 106 valence electrons. The van der Waals surface area contributed by atoms with Gasteiger partial charge in [0.25, 0.3) is 0 Å². The van der Waals surface area contributed by atoms with Crippen molar-refractivity contribution in [3.8, 4) is 11.5 Å². The number of nitrogens with two attached hydrogens (primary N) is 1. The quantitative estimate of drug-likeness (QED) is 0.932. The van der Waals surface area contributed by atoms with Crippen molar-refractivity contribution in [3.63, 3.8) is 0 Å². The van der Waals surface area contributed by atoms with Gasteiger partial charge in [0.2, 0.25) is 0 Å². The summed E-state index contributed by atoms with van der Waals surface area (Å²) in [6.07, 6.45) is 0. The van der Waals surface area contributed by atoms with Crippen LogP contribution >= 0.6 is 0 Å². The average Bonchev–Trinajstić information content (AvgIpc) is 2.46. The minimum atomic E-state index is -0.856. The van der Waals surface area contributed by atoms with Crippen molar-refractivity contribution >= 4 is 0 Å². The smallest absolute Gasteiger partial charge is 0.127 e. The van der Waals surface area contributed by atoms with Crippen LogP contribution in [0, 0.1) is 5.82 Å². The lowest BCUT2D eigenvalue weighted by Gasteiger charge is -2.29. The number of halogens is 1. The topological polar surface area (TPSA) is 44.5 Å². The van der Waals surface area contributed by atoms with Gasteiger partial charge in [-0.15, -0.1) is 0 Å². The third-order valence-corrected chi connectivity index (χ3v) is 3.39. The maximum Gasteiger partial charge on any atom is 0.127 e. The number of ether oxygens (including phenoxy) is 2. The molecule has 2 aromatic rings. The Morgan fingerprint density at radius 2 is 1.45 bits per heavy atom. The molecule has 2 rings (SSSR count). The van der Waals surface area contributed by atoms with Gasteiger partial charge in [-0.1, -0.05) is 18.2 Å². The van der Waals surface area contributed by atoms with Crippen LogP contribution in [0.5, 0.6) is 11.5 Å². The molecule has 0 aromatic heterocycles. The van der Waals surface area contributed by atoms with Gasteiger partial charge in [-0.3, -0.25) is 0 Å². The molecule has 20 heavy (non-hydrogen) atoms. The first kappa shape index (κ1) is 14.3. The van der Waals surface area contributed by atoms with Crippen LogP contribution in [-0.2, 0) is 5.54 Å². The molecule has 2 aromatic carbocycles. The summed E-state index contributed by atoms with van der Waals surface area (Å²) < 4.78 is 23.8. The molecule has 4 heteroatoms. The molecule has 0 saturated carbocycles. The van der Waals surface area contributed by atoms with Crippen LogP contribution in [0.3, 0.4) is 0 Å². The van der Waals surface area contributed by atoms with Crippen molar-refractivity contribution in [1.82, 2.24) is 0 Å². The zero-order valence-corrected chi connectivity index (χ0v) is 11.8.